The third-order valence-electron chi connectivity index (χ3n) is 5.07. The van der Waals surface area contributed by atoms with Gasteiger partial charge in [-0.15, -0.1) is 0 Å². The van der Waals surface area contributed by atoms with Crippen LogP contribution in [-0.2, 0) is 9.84 Å². The van der Waals surface area contributed by atoms with E-state index in [4.69, 9.17) is 0 Å². The van der Waals surface area contributed by atoms with Crippen LogP contribution in [0.1, 0.15) is 24.0 Å². The lowest BCUT2D eigenvalue weighted by molar-refractivity contribution is 0.262. The van der Waals surface area contributed by atoms with Crippen molar-refractivity contribution in [1.82, 2.24) is 5.32 Å². The van der Waals surface area contributed by atoms with E-state index in [0.717, 1.165) is 13.0 Å². The average molecular weight is 421 g/mol. The van der Waals surface area contributed by atoms with E-state index < -0.39 is 32.7 Å². The summed E-state index contributed by atoms with van der Waals surface area (Å²) in [4.78, 5) is 12.2. The summed E-state index contributed by atoms with van der Waals surface area (Å²) in [6.07, 6.45) is 1.24. The lowest BCUT2D eigenvalue weighted by Crippen LogP contribution is -2.39. The van der Waals surface area contributed by atoms with Crippen molar-refractivity contribution < 1.29 is 22.7 Å². The monoisotopic (exact) mass is 421 g/mol. The zero-order valence-electron chi connectivity index (χ0n) is 16.3. The van der Waals surface area contributed by atoms with Crippen molar-refractivity contribution in [3.63, 3.8) is 0 Å². The summed E-state index contributed by atoms with van der Waals surface area (Å²) in [5, 5.41) is 18.0. The first kappa shape index (κ1) is 21.1. The van der Waals surface area contributed by atoms with Crippen LogP contribution in [0.3, 0.4) is 0 Å². The quantitative estimate of drug-likeness (QED) is 0.567. The van der Waals surface area contributed by atoms with Crippen LogP contribution < -0.4 is 16.0 Å². The summed E-state index contributed by atoms with van der Waals surface area (Å²) >= 11 is 0. The number of phenolic OH excluding ortho intramolecular Hbond substituents is 1. The van der Waals surface area contributed by atoms with Gasteiger partial charge in [-0.1, -0.05) is 12.1 Å². The number of anilines is 2. The molecule has 0 aliphatic carbocycles. The molecule has 29 heavy (non-hydrogen) atoms. The zero-order valence-corrected chi connectivity index (χ0v) is 17.1. The molecule has 0 unspecified atom stereocenters. The fraction of sp³-hybridized carbons (Fsp3) is 0.350. The van der Waals surface area contributed by atoms with Crippen LogP contribution in [0, 0.1) is 19.7 Å². The number of hydrogen-bond acceptors (Lipinski definition) is 5. The lowest BCUT2D eigenvalue weighted by atomic mass is 10.2. The molecule has 2 aromatic rings. The Morgan fingerprint density at radius 3 is 2.59 bits per heavy atom. The van der Waals surface area contributed by atoms with Gasteiger partial charge >= 0.3 is 6.03 Å². The second-order valence-electron chi connectivity index (χ2n) is 7.11. The molecule has 0 bridgehead atoms. The van der Waals surface area contributed by atoms with E-state index in [1.165, 1.54) is 31.2 Å². The summed E-state index contributed by atoms with van der Waals surface area (Å²) in [7, 11) is -3.79. The maximum absolute atomic E-state index is 13.6. The first-order valence-corrected chi connectivity index (χ1v) is 10.9. The van der Waals surface area contributed by atoms with Gasteiger partial charge in [0.15, 0.2) is 15.6 Å². The highest BCUT2D eigenvalue weighted by molar-refractivity contribution is 7.92. The molecule has 2 amide bonds. The van der Waals surface area contributed by atoms with Crippen molar-refractivity contribution in [2.45, 2.75) is 36.8 Å². The van der Waals surface area contributed by atoms with Crippen LogP contribution in [0.15, 0.2) is 35.2 Å². The summed E-state index contributed by atoms with van der Waals surface area (Å²) in [5.74, 6) is -0.961. The molecule has 1 aliphatic heterocycles. The van der Waals surface area contributed by atoms with Crippen molar-refractivity contribution in [3.8, 4) is 5.75 Å². The van der Waals surface area contributed by atoms with Crippen molar-refractivity contribution in [2.24, 2.45) is 0 Å². The molecule has 2 aromatic carbocycles. The van der Waals surface area contributed by atoms with Crippen LogP contribution in [0.25, 0.3) is 0 Å². The molecule has 0 saturated carbocycles. The molecule has 3 rings (SSSR count). The SMILES string of the molecule is Cc1ccc(NC(=O)Nc2cccc(F)c2C)c(O)c1S(=O)(=O)[C@H]1CCCNC1. The average Bonchev–Trinajstić information content (AvgIpc) is 2.68. The predicted molar refractivity (Wildman–Crippen MR) is 110 cm³/mol. The minimum absolute atomic E-state index is 0.0375. The Morgan fingerprint density at radius 1 is 1.17 bits per heavy atom. The number of hydrogen-bond donors (Lipinski definition) is 4. The maximum Gasteiger partial charge on any atom is 0.323 e. The van der Waals surface area contributed by atoms with Crippen LogP contribution in [0.2, 0.25) is 0 Å². The summed E-state index contributed by atoms with van der Waals surface area (Å²) < 4.78 is 39.8. The Labute approximate surface area is 169 Å². The molecule has 1 fully saturated rings. The maximum atomic E-state index is 13.6. The van der Waals surface area contributed by atoms with Crippen molar-refractivity contribution in [1.29, 1.82) is 0 Å². The van der Waals surface area contributed by atoms with Gasteiger partial charge in [-0.3, -0.25) is 0 Å². The molecule has 1 atom stereocenters. The van der Waals surface area contributed by atoms with E-state index >= 15 is 0 Å². The molecule has 9 heteroatoms. The minimum Gasteiger partial charge on any atom is -0.504 e. The number of aromatic hydroxyl groups is 1. The van der Waals surface area contributed by atoms with Crippen LogP contribution in [-0.4, -0.2) is 37.9 Å². The van der Waals surface area contributed by atoms with Gasteiger partial charge < -0.3 is 21.1 Å². The first-order valence-electron chi connectivity index (χ1n) is 9.32. The number of sulfone groups is 1. The molecule has 0 spiro atoms. The number of amides is 2. The molecule has 0 aromatic heterocycles. The molecule has 1 heterocycles. The third kappa shape index (κ3) is 4.35. The van der Waals surface area contributed by atoms with Crippen LogP contribution >= 0.6 is 0 Å². The van der Waals surface area contributed by atoms with Gasteiger partial charge in [0.1, 0.15) is 10.7 Å². The number of carbonyl (C=O) groups excluding carboxylic acids is 1. The van der Waals surface area contributed by atoms with Crippen molar-refractivity contribution in [3.05, 3.63) is 47.3 Å². The fourth-order valence-electron chi connectivity index (χ4n) is 3.40. The van der Waals surface area contributed by atoms with Crippen LogP contribution in [0.5, 0.6) is 5.75 Å². The first-order chi connectivity index (χ1) is 13.7. The Morgan fingerprint density at radius 2 is 1.90 bits per heavy atom. The number of rotatable bonds is 4. The largest absolute Gasteiger partial charge is 0.504 e. The third-order valence-corrected chi connectivity index (χ3v) is 7.43. The van der Waals surface area contributed by atoms with E-state index in [2.05, 4.69) is 16.0 Å². The highest BCUT2D eigenvalue weighted by Gasteiger charge is 2.33. The van der Waals surface area contributed by atoms with Gasteiger partial charge in [-0.25, -0.2) is 17.6 Å². The van der Waals surface area contributed by atoms with E-state index in [-0.39, 0.29) is 21.8 Å². The molecule has 1 aliphatic rings. The van der Waals surface area contributed by atoms with E-state index in [0.29, 0.717) is 18.5 Å². The summed E-state index contributed by atoms with van der Waals surface area (Å²) in [5.41, 5.74) is 0.906. The standard InChI is InChI=1S/C20H24FN3O4S/c1-12-8-9-17(24-20(26)23-16-7-3-6-15(21)13(16)2)18(25)19(12)29(27,28)14-5-4-10-22-11-14/h3,6-9,14,22,25H,4-5,10-11H2,1-2H3,(H2,23,24,26)/t14-/m0/s1. The Bertz CT molecular complexity index is 1030. The molecule has 4 N–H and O–H groups in total. The number of carbonyl (C=O) groups is 1. The number of phenols is 1. The van der Waals surface area contributed by atoms with Crippen molar-refractivity contribution in [2.75, 3.05) is 23.7 Å². The smallest absolute Gasteiger partial charge is 0.323 e. The normalized spacial score (nSPS) is 17.0. The van der Waals surface area contributed by atoms with Gasteiger partial charge in [0.2, 0.25) is 0 Å². The second-order valence-corrected chi connectivity index (χ2v) is 9.28. The Kier molecular flexibility index (Phi) is 6.09. The topological polar surface area (TPSA) is 108 Å². The number of nitrogens with one attached hydrogen (secondary N) is 3. The molecular formula is C20H24FN3O4S. The highest BCUT2D eigenvalue weighted by Crippen LogP contribution is 2.37. The van der Waals surface area contributed by atoms with Gasteiger partial charge in [0.05, 0.1) is 10.9 Å². The van der Waals surface area contributed by atoms with E-state index in [1.807, 2.05) is 0 Å². The predicted octanol–water partition coefficient (Wildman–Crippen LogP) is 3.32. The number of aryl methyl sites for hydroxylation is 1. The fourth-order valence-corrected chi connectivity index (χ4v) is 5.45. The summed E-state index contributed by atoms with van der Waals surface area (Å²) in [6.45, 7) is 4.20. The van der Waals surface area contributed by atoms with Gasteiger partial charge in [-0.2, -0.15) is 0 Å². The number of benzene rings is 2. The van der Waals surface area contributed by atoms with E-state index in [9.17, 15) is 22.7 Å². The molecule has 0 radical (unpaired) electrons. The number of halogens is 1. The van der Waals surface area contributed by atoms with Crippen molar-refractivity contribution >= 4 is 27.2 Å². The number of piperidine rings is 1. The van der Waals surface area contributed by atoms with Crippen LogP contribution in [0.4, 0.5) is 20.6 Å². The minimum atomic E-state index is -3.79. The Balaban J connectivity index is 1.87. The Hall–Kier alpha value is -2.65. The molecule has 7 nitrogen and oxygen atoms in total. The molecule has 156 valence electrons. The zero-order chi connectivity index (χ0) is 21.2. The van der Waals surface area contributed by atoms with Gasteiger partial charge in [0, 0.05) is 17.8 Å². The number of urea groups is 1. The van der Waals surface area contributed by atoms with Gasteiger partial charge in [0.25, 0.3) is 0 Å². The van der Waals surface area contributed by atoms with E-state index in [1.54, 1.807) is 13.0 Å². The highest BCUT2D eigenvalue weighted by atomic mass is 32.2. The second kappa shape index (κ2) is 8.38. The lowest BCUT2D eigenvalue weighted by Gasteiger charge is -2.24. The molecule has 1 saturated heterocycles. The molecular weight excluding hydrogens is 397 g/mol. The summed E-state index contributed by atoms with van der Waals surface area (Å²) in [6, 6.07) is 6.53. The van der Waals surface area contributed by atoms with Gasteiger partial charge in [-0.05, 0) is 57.0 Å².